The molecule has 0 aliphatic carbocycles. The molecule has 0 saturated carbocycles. The molecule has 1 aliphatic rings. The summed E-state index contributed by atoms with van der Waals surface area (Å²) >= 11 is 1.13. The molecule has 0 saturated heterocycles. The fraction of sp³-hybridized carbons (Fsp3) is 0.435. The first kappa shape index (κ1) is 27.6. The number of tetrazole rings is 1. The number of thiophene rings is 1. The molecule has 38 heavy (non-hydrogen) atoms. The molecule has 0 fully saturated rings. The number of hydrogen-bond donors (Lipinski definition) is 2. The number of hydrogen-bond acceptors (Lipinski definition) is 10. The lowest BCUT2D eigenvalue weighted by atomic mass is 9.99. The molecule has 2 aromatic heterocycles. The highest BCUT2D eigenvalue weighted by molar-refractivity contribution is 7.91. The SMILES string of the molecule is C[C@@H]1CN([C@@H](C)CO)C(=O)c2cc(NC(=O)Cn3cnnn3)ccc2O[C@H]1CN(C)S(=O)(=O)c1cccs1. The largest absolute Gasteiger partial charge is 0.488 e. The van der Waals surface area contributed by atoms with Crippen LogP contribution >= 0.6 is 11.3 Å². The predicted molar refractivity (Wildman–Crippen MR) is 138 cm³/mol. The first-order valence-electron chi connectivity index (χ1n) is 11.8. The van der Waals surface area contributed by atoms with E-state index in [0.29, 0.717) is 5.69 Å². The predicted octanol–water partition coefficient (Wildman–Crippen LogP) is 0.914. The third kappa shape index (κ3) is 6.01. The zero-order valence-corrected chi connectivity index (χ0v) is 22.7. The van der Waals surface area contributed by atoms with E-state index in [0.717, 1.165) is 11.3 Å². The van der Waals surface area contributed by atoms with Crippen molar-refractivity contribution in [3.8, 4) is 5.75 Å². The third-order valence-electron chi connectivity index (χ3n) is 6.24. The van der Waals surface area contributed by atoms with Crippen molar-refractivity contribution in [2.75, 3.05) is 32.1 Å². The van der Waals surface area contributed by atoms with Gasteiger partial charge < -0.3 is 20.1 Å². The minimum absolute atomic E-state index is 0.0425. The highest BCUT2D eigenvalue weighted by atomic mass is 32.2. The summed E-state index contributed by atoms with van der Waals surface area (Å²) in [5.41, 5.74) is 0.545. The number of nitrogens with zero attached hydrogens (tertiary/aromatic N) is 6. The van der Waals surface area contributed by atoms with Crippen molar-refractivity contribution in [1.82, 2.24) is 29.4 Å². The molecule has 0 bridgehead atoms. The molecular formula is C23H29N7O6S2. The molecule has 2 N–H and O–H groups in total. The van der Waals surface area contributed by atoms with Crippen LogP contribution in [0.5, 0.6) is 5.75 Å². The number of nitrogens with one attached hydrogen (secondary N) is 1. The highest BCUT2D eigenvalue weighted by Gasteiger charge is 2.35. The van der Waals surface area contributed by atoms with Crippen molar-refractivity contribution in [3.05, 3.63) is 47.6 Å². The number of carbonyl (C=O) groups is 2. The number of aliphatic hydroxyl groups excluding tert-OH is 1. The summed E-state index contributed by atoms with van der Waals surface area (Å²) in [4.78, 5) is 27.5. The second kappa shape index (κ2) is 11.6. The average Bonchev–Trinajstić information content (AvgIpc) is 3.61. The zero-order valence-electron chi connectivity index (χ0n) is 21.1. The van der Waals surface area contributed by atoms with Crippen LogP contribution in [-0.4, -0.2) is 93.6 Å². The smallest absolute Gasteiger partial charge is 0.258 e. The van der Waals surface area contributed by atoms with Gasteiger partial charge in [-0.25, -0.2) is 13.1 Å². The molecular weight excluding hydrogens is 534 g/mol. The van der Waals surface area contributed by atoms with Crippen LogP contribution in [0.2, 0.25) is 0 Å². The quantitative estimate of drug-likeness (QED) is 0.386. The summed E-state index contributed by atoms with van der Waals surface area (Å²) in [5.74, 6) is -0.785. The molecule has 1 aliphatic heterocycles. The van der Waals surface area contributed by atoms with Crippen molar-refractivity contribution in [2.45, 2.75) is 36.7 Å². The van der Waals surface area contributed by atoms with E-state index < -0.39 is 28.1 Å². The fourth-order valence-electron chi connectivity index (χ4n) is 4.03. The number of fused-ring (bicyclic) bond motifs is 1. The van der Waals surface area contributed by atoms with Crippen molar-refractivity contribution in [3.63, 3.8) is 0 Å². The van der Waals surface area contributed by atoms with Gasteiger partial charge in [0.15, 0.2) is 0 Å². The maximum absolute atomic E-state index is 13.6. The van der Waals surface area contributed by atoms with Crippen LogP contribution < -0.4 is 10.1 Å². The van der Waals surface area contributed by atoms with Gasteiger partial charge in [-0.1, -0.05) is 13.0 Å². The number of aliphatic hydroxyl groups is 1. The summed E-state index contributed by atoms with van der Waals surface area (Å²) in [6.07, 6.45) is 0.707. The van der Waals surface area contributed by atoms with Crippen LogP contribution in [0.15, 0.2) is 46.2 Å². The lowest BCUT2D eigenvalue weighted by molar-refractivity contribution is -0.116. The summed E-state index contributed by atoms with van der Waals surface area (Å²) in [5, 5.41) is 24.9. The summed E-state index contributed by atoms with van der Waals surface area (Å²) < 4.78 is 35.1. The van der Waals surface area contributed by atoms with E-state index in [4.69, 9.17) is 4.74 Å². The number of sulfonamides is 1. The highest BCUT2D eigenvalue weighted by Crippen LogP contribution is 2.31. The van der Waals surface area contributed by atoms with Gasteiger partial charge in [0.1, 0.15) is 28.9 Å². The Morgan fingerprint density at radius 3 is 2.82 bits per heavy atom. The van der Waals surface area contributed by atoms with E-state index in [1.165, 1.54) is 28.4 Å². The Balaban J connectivity index is 1.62. The van der Waals surface area contributed by atoms with Gasteiger partial charge in [-0.15, -0.1) is 16.4 Å². The number of rotatable bonds is 9. The number of amides is 2. The van der Waals surface area contributed by atoms with Crippen LogP contribution in [0.25, 0.3) is 0 Å². The molecule has 4 rings (SSSR count). The Kier molecular flexibility index (Phi) is 8.40. The average molecular weight is 564 g/mol. The van der Waals surface area contributed by atoms with Crippen LogP contribution in [0, 0.1) is 5.92 Å². The van der Waals surface area contributed by atoms with Gasteiger partial charge in [-0.3, -0.25) is 9.59 Å². The molecule has 3 atom stereocenters. The van der Waals surface area contributed by atoms with E-state index >= 15 is 0 Å². The Labute approximate surface area is 224 Å². The first-order chi connectivity index (χ1) is 18.1. The van der Waals surface area contributed by atoms with Crippen LogP contribution in [-0.2, 0) is 21.4 Å². The normalized spacial score (nSPS) is 18.9. The summed E-state index contributed by atoms with van der Waals surface area (Å²) in [7, 11) is -2.22. The zero-order chi connectivity index (χ0) is 27.4. The second-order valence-corrected chi connectivity index (χ2v) is 12.3. The lowest BCUT2D eigenvalue weighted by Crippen LogP contribution is -2.50. The molecule has 15 heteroatoms. The van der Waals surface area contributed by atoms with Crippen molar-refractivity contribution < 1.29 is 27.9 Å². The second-order valence-electron chi connectivity index (χ2n) is 9.11. The van der Waals surface area contributed by atoms with Crippen LogP contribution in [0.4, 0.5) is 5.69 Å². The van der Waals surface area contributed by atoms with Gasteiger partial charge in [0.05, 0.1) is 24.8 Å². The van der Waals surface area contributed by atoms with Gasteiger partial charge in [0.25, 0.3) is 15.9 Å². The molecule has 3 heterocycles. The first-order valence-corrected chi connectivity index (χ1v) is 14.1. The van der Waals surface area contributed by atoms with E-state index in [1.54, 1.807) is 41.5 Å². The monoisotopic (exact) mass is 563 g/mol. The standard InChI is InChI=1S/C23H29N7O6S2/c1-15-10-30(16(2)13-31)23(33)18-9-17(25-21(32)12-29-14-24-26-27-29)6-7-19(18)36-20(15)11-28(3)38(34,35)22-5-4-8-37-22/h4-9,14-16,20,31H,10-13H2,1-3H3,(H,25,32)/t15-,16+,20+/m1/s1. The molecule has 0 radical (unpaired) electrons. The summed E-state index contributed by atoms with van der Waals surface area (Å²) in [6.45, 7) is 3.50. The lowest BCUT2D eigenvalue weighted by Gasteiger charge is -2.38. The number of aromatic nitrogens is 4. The third-order valence-corrected chi connectivity index (χ3v) is 9.44. The Morgan fingerprint density at radius 1 is 1.37 bits per heavy atom. The molecule has 1 aromatic carbocycles. The van der Waals surface area contributed by atoms with Gasteiger partial charge >= 0.3 is 0 Å². The van der Waals surface area contributed by atoms with Crippen molar-refractivity contribution in [2.24, 2.45) is 5.92 Å². The molecule has 2 amide bonds. The Bertz CT molecular complexity index is 1360. The maximum Gasteiger partial charge on any atom is 0.258 e. The Hall–Kier alpha value is -3.40. The topological polar surface area (TPSA) is 160 Å². The molecule has 0 spiro atoms. The van der Waals surface area contributed by atoms with Crippen molar-refractivity contribution >= 4 is 38.9 Å². The number of anilines is 1. The van der Waals surface area contributed by atoms with Crippen LogP contribution in [0.1, 0.15) is 24.2 Å². The van der Waals surface area contributed by atoms with Crippen molar-refractivity contribution in [1.29, 1.82) is 0 Å². The summed E-state index contributed by atoms with van der Waals surface area (Å²) in [6, 6.07) is 7.40. The molecule has 3 aromatic rings. The van der Waals surface area contributed by atoms with Gasteiger partial charge in [0, 0.05) is 25.2 Å². The van der Waals surface area contributed by atoms with E-state index in [2.05, 4.69) is 20.8 Å². The fourth-order valence-corrected chi connectivity index (χ4v) is 6.42. The molecule has 204 valence electrons. The van der Waals surface area contributed by atoms with E-state index in [1.807, 2.05) is 6.92 Å². The molecule has 0 unspecified atom stereocenters. The van der Waals surface area contributed by atoms with Gasteiger partial charge in [0.2, 0.25) is 5.91 Å². The number of benzene rings is 1. The minimum atomic E-state index is -3.72. The van der Waals surface area contributed by atoms with E-state index in [9.17, 15) is 23.1 Å². The number of carbonyl (C=O) groups excluding carboxylic acids is 2. The minimum Gasteiger partial charge on any atom is -0.488 e. The maximum atomic E-state index is 13.6. The molecule has 13 nitrogen and oxygen atoms in total. The van der Waals surface area contributed by atoms with Gasteiger partial charge in [-0.05, 0) is 47.0 Å². The van der Waals surface area contributed by atoms with E-state index in [-0.39, 0.29) is 53.6 Å². The van der Waals surface area contributed by atoms with Gasteiger partial charge in [-0.2, -0.15) is 4.31 Å². The number of ether oxygens (including phenoxy) is 1. The van der Waals surface area contributed by atoms with Crippen LogP contribution in [0.3, 0.4) is 0 Å². The Morgan fingerprint density at radius 2 is 2.16 bits per heavy atom. The number of likely N-dealkylation sites (N-methyl/N-ethyl adjacent to an activating group) is 1.